The van der Waals surface area contributed by atoms with Crippen LogP contribution in [0.15, 0.2) is 140 Å². The van der Waals surface area contributed by atoms with Crippen LogP contribution >= 0.6 is 0 Å². The molecule has 1 N–H and O–H groups in total. The summed E-state index contributed by atoms with van der Waals surface area (Å²) in [6, 6.07) is 49.1. The summed E-state index contributed by atoms with van der Waals surface area (Å²) >= 11 is 0. The molecule has 0 saturated carbocycles. The summed E-state index contributed by atoms with van der Waals surface area (Å²) in [5, 5.41) is 3.18. The monoisotopic (exact) mass is 525 g/mol. The van der Waals surface area contributed by atoms with Crippen LogP contribution in [0.1, 0.15) is 38.2 Å². The molecule has 0 saturated heterocycles. The first kappa shape index (κ1) is 23.7. The average Bonchev–Trinajstić information content (AvgIpc) is 3.48. The van der Waals surface area contributed by atoms with Crippen LogP contribution in [0, 0.1) is 6.92 Å². The van der Waals surface area contributed by atoms with Crippen molar-refractivity contribution in [2.24, 2.45) is 0 Å². The molecule has 0 fully saturated rings. The Kier molecular flexibility index (Phi) is 5.14. The number of benzene rings is 6. The topological polar surface area (TPSA) is 29.1 Å². The number of fused-ring (bicyclic) bond motifs is 10. The molecule has 0 atom stereocenters. The first-order valence-corrected chi connectivity index (χ1v) is 14.1. The number of anilines is 1. The highest BCUT2D eigenvalue weighted by atomic mass is 16.1. The van der Waals surface area contributed by atoms with Crippen molar-refractivity contribution in [1.82, 2.24) is 0 Å². The van der Waals surface area contributed by atoms with Gasteiger partial charge < -0.3 is 5.32 Å². The van der Waals surface area contributed by atoms with Crippen molar-refractivity contribution in [3.63, 3.8) is 0 Å². The third-order valence-corrected chi connectivity index (χ3v) is 8.76. The van der Waals surface area contributed by atoms with Gasteiger partial charge in [-0.1, -0.05) is 121 Å². The van der Waals surface area contributed by atoms with E-state index in [0.29, 0.717) is 5.56 Å². The lowest BCUT2D eigenvalue weighted by Gasteiger charge is -2.30. The number of rotatable bonds is 3. The summed E-state index contributed by atoms with van der Waals surface area (Å²) in [4.78, 5) is 13.2. The van der Waals surface area contributed by atoms with Crippen molar-refractivity contribution < 1.29 is 4.79 Å². The SMILES string of the molecule is Cc1cccc(C(=O)Nc2ccccc2-c2ccc3c(c2)-c2ccccc2C32c3ccccc3-c3ccccc32)c1. The Bertz CT molecular complexity index is 1970. The molecule has 2 nitrogen and oxygen atoms in total. The molecule has 194 valence electrons. The van der Waals surface area contributed by atoms with Gasteiger partial charge in [0.05, 0.1) is 5.41 Å². The molecule has 6 aromatic carbocycles. The van der Waals surface area contributed by atoms with Crippen LogP contribution < -0.4 is 5.32 Å². The fourth-order valence-electron chi connectivity index (χ4n) is 7.09. The van der Waals surface area contributed by atoms with E-state index < -0.39 is 0 Å². The number of carbonyl (C=O) groups is 1. The zero-order valence-corrected chi connectivity index (χ0v) is 22.7. The minimum Gasteiger partial charge on any atom is -0.321 e. The number of aryl methyl sites for hydroxylation is 1. The van der Waals surface area contributed by atoms with Crippen LogP contribution in [0.2, 0.25) is 0 Å². The van der Waals surface area contributed by atoms with Gasteiger partial charge in [-0.05, 0) is 81.3 Å². The molecule has 0 bridgehead atoms. The Morgan fingerprint density at radius 2 is 1.05 bits per heavy atom. The fraction of sp³-hybridized carbons (Fsp3) is 0.0513. The van der Waals surface area contributed by atoms with Gasteiger partial charge in [0.15, 0.2) is 0 Å². The lowest BCUT2D eigenvalue weighted by molar-refractivity contribution is 0.102. The predicted molar refractivity (Wildman–Crippen MR) is 167 cm³/mol. The number of carbonyl (C=O) groups excluding carboxylic acids is 1. The minimum absolute atomic E-state index is 0.106. The van der Waals surface area contributed by atoms with Gasteiger partial charge in [-0.15, -0.1) is 0 Å². The lowest BCUT2D eigenvalue weighted by atomic mass is 9.70. The highest BCUT2D eigenvalue weighted by Gasteiger charge is 2.51. The van der Waals surface area contributed by atoms with Crippen LogP contribution in [-0.4, -0.2) is 5.91 Å². The summed E-state index contributed by atoms with van der Waals surface area (Å²) in [6.07, 6.45) is 0. The van der Waals surface area contributed by atoms with Gasteiger partial charge in [-0.2, -0.15) is 0 Å². The van der Waals surface area contributed by atoms with Gasteiger partial charge in [0.25, 0.3) is 5.91 Å². The fourth-order valence-corrected chi connectivity index (χ4v) is 7.09. The van der Waals surface area contributed by atoms with E-state index in [-0.39, 0.29) is 11.3 Å². The van der Waals surface area contributed by atoms with Gasteiger partial charge in [0.1, 0.15) is 0 Å². The molecule has 1 spiro atoms. The average molecular weight is 526 g/mol. The molecule has 6 aromatic rings. The van der Waals surface area contributed by atoms with E-state index >= 15 is 0 Å². The van der Waals surface area contributed by atoms with Crippen LogP contribution in [-0.2, 0) is 5.41 Å². The molecule has 2 aliphatic carbocycles. The number of amides is 1. The minimum atomic E-state index is -0.351. The van der Waals surface area contributed by atoms with Crippen LogP contribution in [0.25, 0.3) is 33.4 Å². The van der Waals surface area contributed by atoms with E-state index in [1.165, 1.54) is 44.5 Å². The molecule has 8 rings (SSSR count). The smallest absolute Gasteiger partial charge is 0.255 e. The summed E-state index contributed by atoms with van der Waals surface area (Å²) in [5.74, 6) is -0.106. The molecule has 2 aliphatic rings. The summed E-state index contributed by atoms with van der Waals surface area (Å²) in [7, 11) is 0. The zero-order chi connectivity index (χ0) is 27.6. The molecule has 0 aromatic heterocycles. The van der Waals surface area contributed by atoms with E-state index in [9.17, 15) is 4.79 Å². The van der Waals surface area contributed by atoms with E-state index in [2.05, 4.69) is 102 Å². The molecular weight excluding hydrogens is 498 g/mol. The number of nitrogens with one attached hydrogen (secondary N) is 1. The Labute approximate surface area is 240 Å². The van der Waals surface area contributed by atoms with E-state index in [4.69, 9.17) is 0 Å². The highest BCUT2D eigenvalue weighted by molar-refractivity contribution is 6.06. The van der Waals surface area contributed by atoms with E-state index in [1.807, 2.05) is 49.4 Å². The summed E-state index contributed by atoms with van der Waals surface area (Å²) < 4.78 is 0. The van der Waals surface area contributed by atoms with Crippen LogP contribution in [0.4, 0.5) is 5.69 Å². The summed E-state index contributed by atoms with van der Waals surface area (Å²) in [5.41, 5.74) is 14.7. The molecular formula is C39H27NO. The van der Waals surface area contributed by atoms with Crippen molar-refractivity contribution in [3.8, 4) is 33.4 Å². The van der Waals surface area contributed by atoms with Gasteiger partial charge in [0, 0.05) is 16.8 Å². The molecule has 0 radical (unpaired) electrons. The first-order chi connectivity index (χ1) is 20.2. The second-order valence-corrected chi connectivity index (χ2v) is 11.0. The lowest BCUT2D eigenvalue weighted by Crippen LogP contribution is -2.25. The largest absolute Gasteiger partial charge is 0.321 e. The highest BCUT2D eigenvalue weighted by Crippen LogP contribution is 2.62. The van der Waals surface area contributed by atoms with Gasteiger partial charge >= 0.3 is 0 Å². The maximum absolute atomic E-state index is 13.2. The Balaban J connectivity index is 1.31. The van der Waals surface area contributed by atoms with Gasteiger partial charge in [0.2, 0.25) is 0 Å². The zero-order valence-electron chi connectivity index (χ0n) is 22.7. The van der Waals surface area contributed by atoms with Crippen molar-refractivity contribution >= 4 is 11.6 Å². The maximum atomic E-state index is 13.2. The molecule has 41 heavy (non-hydrogen) atoms. The summed E-state index contributed by atoms with van der Waals surface area (Å²) in [6.45, 7) is 2.00. The van der Waals surface area contributed by atoms with E-state index in [0.717, 1.165) is 22.4 Å². The molecule has 0 aliphatic heterocycles. The van der Waals surface area contributed by atoms with Crippen molar-refractivity contribution in [1.29, 1.82) is 0 Å². The van der Waals surface area contributed by atoms with Crippen molar-refractivity contribution in [2.75, 3.05) is 5.32 Å². The Hall–Kier alpha value is -5.21. The Morgan fingerprint density at radius 3 is 1.68 bits per heavy atom. The van der Waals surface area contributed by atoms with Gasteiger partial charge in [-0.25, -0.2) is 0 Å². The second kappa shape index (κ2) is 8.90. The molecule has 1 amide bonds. The number of hydrogen-bond donors (Lipinski definition) is 1. The standard InChI is InChI=1S/C39H27NO/c1-25-11-10-12-27(23-25)38(41)40-37-20-9-5-13-28(37)26-21-22-36-32(24-26)31-16-4-8-19-35(31)39(36)33-17-6-2-14-29(33)30-15-3-7-18-34(30)39/h2-24H,1H3,(H,40,41). The third kappa shape index (κ3) is 3.34. The van der Waals surface area contributed by atoms with Crippen molar-refractivity contribution in [2.45, 2.75) is 12.3 Å². The third-order valence-electron chi connectivity index (χ3n) is 8.76. The number of hydrogen-bond acceptors (Lipinski definition) is 1. The second-order valence-electron chi connectivity index (χ2n) is 11.0. The predicted octanol–water partition coefficient (Wildman–Crippen LogP) is 9.26. The van der Waals surface area contributed by atoms with Crippen LogP contribution in [0.3, 0.4) is 0 Å². The van der Waals surface area contributed by atoms with Crippen LogP contribution in [0.5, 0.6) is 0 Å². The molecule has 2 heteroatoms. The quantitative estimate of drug-likeness (QED) is 0.245. The first-order valence-electron chi connectivity index (χ1n) is 14.1. The Morgan fingerprint density at radius 1 is 0.512 bits per heavy atom. The molecule has 0 heterocycles. The number of para-hydroxylation sites is 1. The van der Waals surface area contributed by atoms with Gasteiger partial charge in [-0.3, -0.25) is 4.79 Å². The van der Waals surface area contributed by atoms with Crippen molar-refractivity contribution in [3.05, 3.63) is 173 Å². The van der Waals surface area contributed by atoms with E-state index in [1.54, 1.807) is 0 Å². The maximum Gasteiger partial charge on any atom is 0.255 e. The normalized spacial score (nSPS) is 13.3. The molecule has 0 unspecified atom stereocenters.